The van der Waals surface area contributed by atoms with Crippen molar-refractivity contribution >= 4 is 18.4 Å². The lowest BCUT2D eigenvalue weighted by atomic mass is 10.1. The van der Waals surface area contributed by atoms with Crippen LogP contribution in [-0.4, -0.2) is 12.6 Å². The number of carbonyl (C=O) groups excluding carboxylic acids is 1. The van der Waals surface area contributed by atoms with E-state index in [4.69, 9.17) is 10.5 Å². The number of nitrogens with two attached hydrogens (primary N) is 1. The molecule has 0 spiro atoms. The van der Waals surface area contributed by atoms with E-state index in [-0.39, 0.29) is 24.4 Å². The van der Waals surface area contributed by atoms with E-state index >= 15 is 0 Å². The zero-order valence-electron chi connectivity index (χ0n) is 9.60. The minimum absolute atomic E-state index is 0. The average molecular weight is 244 g/mol. The maximum atomic E-state index is 11.2. The summed E-state index contributed by atoms with van der Waals surface area (Å²) in [6, 6.07) is 7.74. The normalized spacial score (nSPS) is 11.4. The van der Waals surface area contributed by atoms with Crippen LogP contribution in [-0.2, 0) is 16.0 Å². The van der Waals surface area contributed by atoms with E-state index in [1.165, 1.54) is 0 Å². The minimum Gasteiger partial charge on any atom is -0.466 e. The second-order valence-electron chi connectivity index (χ2n) is 3.51. The van der Waals surface area contributed by atoms with Crippen LogP contribution < -0.4 is 5.73 Å². The summed E-state index contributed by atoms with van der Waals surface area (Å²) in [5.74, 6) is -0.189. The van der Waals surface area contributed by atoms with Gasteiger partial charge in [-0.3, -0.25) is 4.79 Å². The second kappa shape index (κ2) is 7.25. The zero-order valence-corrected chi connectivity index (χ0v) is 10.4. The molecule has 0 aliphatic carbocycles. The van der Waals surface area contributed by atoms with Crippen molar-refractivity contribution in [2.75, 3.05) is 6.61 Å². The van der Waals surface area contributed by atoms with Gasteiger partial charge in [-0.15, -0.1) is 12.4 Å². The standard InChI is InChI=1S/C12H17NO2.ClH/c1-3-15-12(14)8-10-4-6-11(7-5-10)9(2)13;/h4-7,9H,3,8,13H2,1-2H3;1H/t9-;/m1./s1. The largest absolute Gasteiger partial charge is 0.466 e. The molecule has 0 radical (unpaired) electrons. The summed E-state index contributed by atoms with van der Waals surface area (Å²) in [7, 11) is 0. The van der Waals surface area contributed by atoms with Crippen LogP contribution in [0, 0.1) is 0 Å². The quantitative estimate of drug-likeness (QED) is 0.826. The lowest BCUT2D eigenvalue weighted by molar-refractivity contribution is -0.142. The number of halogens is 1. The highest BCUT2D eigenvalue weighted by Gasteiger charge is 2.04. The molecule has 1 aromatic carbocycles. The van der Waals surface area contributed by atoms with E-state index in [1.807, 2.05) is 31.2 Å². The summed E-state index contributed by atoms with van der Waals surface area (Å²) < 4.78 is 4.86. The molecule has 16 heavy (non-hydrogen) atoms. The predicted molar refractivity (Wildman–Crippen MR) is 66.6 cm³/mol. The van der Waals surface area contributed by atoms with Crippen molar-refractivity contribution in [3.63, 3.8) is 0 Å². The zero-order chi connectivity index (χ0) is 11.3. The van der Waals surface area contributed by atoms with Crippen molar-refractivity contribution in [2.24, 2.45) is 5.73 Å². The molecule has 0 aromatic heterocycles. The highest BCUT2D eigenvalue weighted by atomic mass is 35.5. The maximum Gasteiger partial charge on any atom is 0.310 e. The number of hydrogen-bond donors (Lipinski definition) is 1. The molecule has 0 aliphatic heterocycles. The molecular formula is C12H18ClNO2. The summed E-state index contributed by atoms with van der Waals surface area (Å²) in [5.41, 5.74) is 7.75. The van der Waals surface area contributed by atoms with Crippen molar-refractivity contribution in [2.45, 2.75) is 26.3 Å². The molecule has 0 saturated carbocycles. The van der Waals surface area contributed by atoms with E-state index < -0.39 is 0 Å². The molecule has 0 saturated heterocycles. The molecule has 3 nitrogen and oxygen atoms in total. The van der Waals surface area contributed by atoms with E-state index in [1.54, 1.807) is 6.92 Å². The lowest BCUT2D eigenvalue weighted by Gasteiger charge is -2.06. The predicted octanol–water partition coefficient (Wildman–Crippen LogP) is 2.23. The van der Waals surface area contributed by atoms with Gasteiger partial charge in [0.2, 0.25) is 0 Å². The molecule has 2 N–H and O–H groups in total. The van der Waals surface area contributed by atoms with Crippen LogP contribution in [0.5, 0.6) is 0 Å². The third-order valence-corrected chi connectivity index (χ3v) is 2.16. The Kier molecular flexibility index (Phi) is 6.77. The number of ether oxygens (including phenoxy) is 1. The number of rotatable bonds is 4. The van der Waals surface area contributed by atoms with Gasteiger partial charge in [0, 0.05) is 6.04 Å². The van der Waals surface area contributed by atoms with E-state index in [9.17, 15) is 4.79 Å². The fourth-order valence-corrected chi connectivity index (χ4v) is 1.32. The molecule has 1 atom stereocenters. The van der Waals surface area contributed by atoms with Crippen LogP contribution in [0.15, 0.2) is 24.3 Å². The first-order valence-electron chi connectivity index (χ1n) is 5.13. The second-order valence-corrected chi connectivity index (χ2v) is 3.51. The number of esters is 1. The Hall–Kier alpha value is -1.06. The Balaban J connectivity index is 0.00000225. The fraction of sp³-hybridized carbons (Fsp3) is 0.417. The van der Waals surface area contributed by atoms with Gasteiger partial charge in [0.05, 0.1) is 13.0 Å². The van der Waals surface area contributed by atoms with Gasteiger partial charge in [0.25, 0.3) is 0 Å². The Morgan fingerprint density at radius 1 is 1.38 bits per heavy atom. The molecule has 0 aliphatic rings. The Labute approximate surface area is 102 Å². The van der Waals surface area contributed by atoms with E-state index in [0.29, 0.717) is 13.0 Å². The SMILES string of the molecule is CCOC(=O)Cc1ccc([C@@H](C)N)cc1.Cl. The van der Waals surface area contributed by atoms with Gasteiger partial charge in [-0.2, -0.15) is 0 Å². The molecule has 0 fully saturated rings. The minimum atomic E-state index is -0.189. The average Bonchev–Trinajstić information content (AvgIpc) is 2.18. The van der Waals surface area contributed by atoms with Gasteiger partial charge < -0.3 is 10.5 Å². The molecule has 90 valence electrons. The van der Waals surface area contributed by atoms with Gasteiger partial charge in [0.1, 0.15) is 0 Å². The van der Waals surface area contributed by atoms with Gasteiger partial charge in [0.15, 0.2) is 0 Å². The van der Waals surface area contributed by atoms with E-state index in [2.05, 4.69) is 0 Å². The monoisotopic (exact) mass is 243 g/mol. The molecule has 0 amide bonds. The van der Waals surface area contributed by atoms with Crippen LogP contribution in [0.3, 0.4) is 0 Å². The first-order valence-corrected chi connectivity index (χ1v) is 5.13. The number of hydrogen-bond acceptors (Lipinski definition) is 3. The molecule has 1 rings (SSSR count). The number of carbonyl (C=O) groups is 1. The third-order valence-electron chi connectivity index (χ3n) is 2.16. The van der Waals surface area contributed by atoms with Crippen molar-refractivity contribution in [1.82, 2.24) is 0 Å². The summed E-state index contributed by atoms with van der Waals surface area (Å²) in [4.78, 5) is 11.2. The van der Waals surface area contributed by atoms with Crippen LogP contribution >= 0.6 is 12.4 Å². The summed E-state index contributed by atoms with van der Waals surface area (Å²) >= 11 is 0. The topological polar surface area (TPSA) is 52.3 Å². The van der Waals surface area contributed by atoms with Gasteiger partial charge in [-0.1, -0.05) is 24.3 Å². The number of benzene rings is 1. The maximum absolute atomic E-state index is 11.2. The highest BCUT2D eigenvalue weighted by molar-refractivity contribution is 5.85. The Bertz CT molecular complexity index is 322. The van der Waals surface area contributed by atoms with Crippen molar-refractivity contribution in [1.29, 1.82) is 0 Å². The van der Waals surface area contributed by atoms with Crippen molar-refractivity contribution in [3.8, 4) is 0 Å². The molecule has 0 heterocycles. The van der Waals surface area contributed by atoms with Gasteiger partial charge in [-0.25, -0.2) is 0 Å². The van der Waals surface area contributed by atoms with Gasteiger partial charge >= 0.3 is 5.97 Å². The first-order chi connectivity index (χ1) is 7.13. The van der Waals surface area contributed by atoms with Crippen LogP contribution in [0.25, 0.3) is 0 Å². The van der Waals surface area contributed by atoms with Crippen molar-refractivity contribution < 1.29 is 9.53 Å². The first kappa shape index (κ1) is 14.9. The molecular weight excluding hydrogens is 226 g/mol. The Morgan fingerprint density at radius 2 is 1.94 bits per heavy atom. The summed E-state index contributed by atoms with van der Waals surface area (Å²) in [6.07, 6.45) is 0.326. The third kappa shape index (κ3) is 4.64. The van der Waals surface area contributed by atoms with Gasteiger partial charge in [-0.05, 0) is 25.0 Å². The van der Waals surface area contributed by atoms with Crippen LogP contribution in [0.2, 0.25) is 0 Å². The summed E-state index contributed by atoms with van der Waals surface area (Å²) in [6.45, 7) is 4.16. The Morgan fingerprint density at radius 3 is 2.38 bits per heavy atom. The fourth-order valence-electron chi connectivity index (χ4n) is 1.32. The summed E-state index contributed by atoms with van der Waals surface area (Å²) in [5, 5.41) is 0. The van der Waals surface area contributed by atoms with Crippen LogP contribution in [0.1, 0.15) is 31.0 Å². The molecule has 0 unspecified atom stereocenters. The van der Waals surface area contributed by atoms with Crippen LogP contribution in [0.4, 0.5) is 0 Å². The van der Waals surface area contributed by atoms with Crippen molar-refractivity contribution in [3.05, 3.63) is 35.4 Å². The molecule has 1 aromatic rings. The highest BCUT2D eigenvalue weighted by Crippen LogP contribution is 2.11. The smallest absolute Gasteiger partial charge is 0.310 e. The lowest BCUT2D eigenvalue weighted by Crippen LogP contribution is -2.08. The van der Waals surface area contributed by atoms with E-state index in [0.717, 1.165) is 11.1 Å². The molecule has 4 heteroatoms. The molecule has 0 bridgehead atoms.